The molecule has 5 heteroatoms. The molecule has 17 heavy (non-hydrogen) atoms. The van der Waals surface area contributed by atoms with Gasteiger partial charge in [-0.2, -0.15) is 0 Å². The number of hydrogen-bond donors (Lipinski definition) is 5. The molecule has 0 aliphatic heterocycles. The molecule has 6 N–H and O–H groups in total. The maximum absolute atomic E-state index is 9.72. The van der Waals surface area contributed by atoms with Crippen molar-refractivity contribution in [3.8, 4) is 0 Å². The highest BCUT2D eigenvalue weighted by Crippen LogP contribution is 2.27. The number of aliphatic hydroxyl groups excluding tert-OH is 4. The van der Waals surface area contributed by atoms with Crippen molar-refractivity contribution in [2.45, 2.75) is 62.9 Å². The molecule has 0 radical (unpaired) electrons. The molecule has 4 atom stereocenters. The summed E-state index contributed by atoms with van der Waals surface area (Å²) in [5, 5.41) is 37.1. The number of aliphatic hydroxyl groups is 4. The van der Waals surface area contributed by atoms with Crippen LogP contribution in [0.5, 0.6) is 0 Å². The number of rotatable bonds is 6. The third-order valence-corrected chi connectivity index (χ3v) is 3.74. The molecular weight excluding hydrogens is 222 g/mol. The van der Waals surface area contributed by atoms with Crippen LogP contribution in [-0.2, 0) is 0 Å². The van der Waals surface area contributed by atoms with Crippen LogP contribution < -0.4 is 5.73 Å². The van der Waals surface area contributed by atoms with Crippen LogP contribution in [0.15, 0.2) is 0 Å². The topological polar surface area (TPSA) is 107 Å². The first-order chi connectivity index (χ1) is 8.06. The maximum Gasteiger partial charge on any atom is 0.108 e. The van der Waals surface area contributed by atoms with Crippen molar-refractivity contribution in [1.82, 2.24) is 0 Å². The second-order valence-electron chi connectivity index (χ2n) is 5.11. The molecule has 1 rings (SSSR count). The Bertz CT molecular complexity index is 203. The van der Waals surface area contributed by atoms with Crippen LogP contribution >= 0.6 is 0 Å². The van der Waals surface area contributed by atoms with E-state index in [0.717, 1.165) is 12.8 Å². The fourth-order valence-corrected chi connectivity index (χ4v) is 2.54. The lowest BCUT2D eigenvalue weighted by Crippen LogP contribution is -2.44. The van der Waals surface area contributed by atoms with Gasteiger partial charge in [-0.15, -0.1) is 0 Å². The van der Waals surface area contributed by atoms with Gasteiger partial charge in [0.05, 0.1) is 12.7 Å². The van der Waals surface area contributed by atoms with E-state index >= 15 is 0 Å². The summed E-state index contributed by atoms with van der Waals surface area (Å²) < 4.78 is 0. The molecule has 0 heterocycles. The van der Waals surface area contributed by atoms with Crippen molar-refractivity contribution in [2.75, 3.05) is 6.61 Å². The second kappa shape index (κ2) is 7.28. The molecular formula is C12H25NO4. The molecule has 102 valence electrons. The Balaban J connectivity index is 2.35. The first kappa shape index (κ1) is 14.9. The Morgan fingerprint density at radius 2 is 1.59 bits per heavy atom. The number of nitrogens with two attached hydrogens (primary N) is 1. The van der Waals surface area contributed by atoms with Crippen molar-refractivity contribution in [3.05, 3.63) is 0 Å². The molecule has 1 aliphatic carbocycles. The first-order valence-electron chi connectivity index (χ1n) is 6.47. The van der Waals surface area contributed by atoms with Crippen LogP contribution in [0.25, 0.3) is 0 Å². The molecule has 5 nitrogen and oxygen atoms in total. The van der Waals surface area contributed by atoms with E-state index in [4.69, 9.17) is 10.8 Å². The monoisotopic (exact) mass is 247 g/mol. The SMILES string of the molecule is NC(C[C@@H](O)[C@@H](O)[C@H](O)CO)C1CCCCC1. The van der Waals surface area contributed by atoms with E-state index < -0.39 is 24.9 Å². The van der Waals surface area contributed by atoms with Gasteiger partial charge in [0, 0.05) is 6.04 Å². The van der Waals surface area contributed by atoms with Crippen LogP contribution in [-0.4, -0.2) is 51.4 Å². The van der Waals surface area contributed by atoms with Gasteiger partial charge in [-0.25, -0.2) is 0 Å². The van der Waals surface area contributed by atoms with Crippen molar-refractivity contribution in [1.29, 1.82) is 0 Å². The standard InChI is InChI=1S/C12H25NO4/c13-9(8-4-2-1-3-5-8)6-10(15)12(17)11(16)7-14/h8-12,14-17H,1-7,13H2/t9?,10-,11-,12-/m1/s1. The van der Waals surface area contributed by atoms with Gasteiger partial charge in [0.25, 0.3) is 0 Å². The smallest absolute Gasteiger partial charge is 0.108 e. The third-order valence-electron chi connectivity index (χ3n) is 3.74. The predicted octanol–water partition coefficient (Wildman–Crippen LogP) is -0.641. The first-order valence-corrected chi connectivity index (χ1v) is 6.47. The zero-order valence-electron chi connectivity index (χ0n) is 10.2. The minimum atomic E-state index is -1.32. The quantitative estimate of drug-likeness (QED) is 0.429. The van der Waals surface area contributed by atoms with Crippen LogP contribution in [0.2, 0.25) is 0 Å². The van der Waals surface area contributed by atoms with Gasteiger partial charge in [0.1, 0.15) is 12.2 Å². The lowest BCUT2D eigenvalue weighted by atomic mass is 9.81. The van der Waals surface area contributed by atoms with E-state index in [1.807, 2.05) is 0 Å². The molecule has 0 aromatic heterocycles. The summed E-state index contributed by atoms with van der Waals surface area (Å²) in [6.45, 7) is -0.559. The lowest BCUT2D eigenvalue weighted by molar-refractivity contribution is -0.0813. The molecule has 0 saturated heterocycles. The molecule has 0 spiro atoms. The van der Waals surface area contributed by atoms with Crippen LogP contribution in [0, 0.1) is 5.92 Å². The van der Waals surface area contributed by atoms with E-state index in [9.17, 15) is 15.3 Å². The maximum atomic E-state index is 9.72. The molecule has 1 aliphatic rings. The Kier molecular flexibility index (Phi) is 6.37. The third kappa shape index (κ3) is 4.52. The molecule has 0 bridgehead atoms. The van der Waals surface area contributed by atoms with Crippen LogP contribution in [0.4, 0.5) is 0 Å². The molecule has 0 aromatic rings. The van der Waals surface area contributed by atoms with Gasteiger partial charge < -0.3 is 26.2 Å². The zero-order valence-corrected chi connectivity index (χ0v) is 10.2. The minimum absolute atomic E-state index is 0.147. The fourth-order valence-electron chi connectivity index (χ4n) is 2.54. The van der Waals surface area contributed by atoms with Crippen molar-refractivity contribution in [2.24, 2.45) is 11.7 Å². The average molecular weight is 247 g/mol. The summed E-state index contributed by atoms with van der Waals surface area (Å²) >= 11 is 0. The van der Waals surface area contributed by atoms with Gasteiger partial charge in [0.2, 0.25) is 0 Å². The van der Waals surface area contributed by atoms with Gasteiger partial charge >= 0.3 is 0 Å². The summed E-state index contributed by atoms with van der Waals surface area (Å²) in [7, 11) is 0. The summed E-state index contributed by atoms with van der Waals surface area (Å²) in [5.41, 5.74) is 6.01. The highest BCUT2D eigenvalue weighted by atomic mass is 16.4. The largest absolute Gasteiger partial charge is 0.394 e. The van der Waals surface area contributed by atoms with E-state index in [1.54, 1.807) is 0 Å². The summed E-state index contributed by atoms with van der Waals surface area (Å²) in [6.07, 6.45) is 2.32. The summed E-state index contributed by atoms with van der Waals surface area (Å²) in [4.78, 5) is 0. The fraction of sp³-hybridized carbons (Fsp3) is 1.00. The van der Waals surface area contributed by atoms with E-state index in [1.165, 1.54) is 19.3 Å². The molecule has 1 fully saturated rings. The zero-order chi connectivity index (χ0) is 12.8. The normalized spacial score (nSPS) is 25.2. The average Bonchev–Trinajstić information content (AvgIpc) is 2.37. The lowest BCUT2D eigenvalue weighted by Gasteiger charge is -2.30. The van der Waals surface area contributed by atoms with Crippen LogP contribution in [0.1, 0.15) is 38.5 Å². The predicted molar refractivity (Wildman–Crippen MR) is 64.3 cm³/mol. The van der Waals surface area contributed by atoms with Crippen molar-refractivity contribution < 1.29 is 20.4 Å². The Labute approximate surface area is 102 Å². The summed E-state index contributed by atoms with van der Waals surface area (Å²) in [5.74, 6) is 0.400. The Hall–Kier alpha value is -0.200. The Morgan fingerprint density at radius 3 is 2.12 bits per heavy atom. The van der Waals surface area contributed by atoms with Gasteiger partial charge in [-0.1, -0.05) is 19.3 Å². The van der Waals surface area contributed by atoms with Crippen molar-refractivity contribution in [3.63, 3.8) is 0 Å². The van der Waals surface area contributed by atoms with Crippen LogP contribution in [0.3, 0.4) is 0 Å². The highest BCUT2D eigenvalue weighted by Gasteiger charge is 2.29. The molecule has 1 saturated carbocycles. The van der Waals surface area contributed by atoms with Crippen molar-refractivity contribution >= 4 is 0 Å². The second-order valence-corrected chi connectivity index (χ2v) is 5.11. The molecule has 0 amide bonds. The number of hydrogen-bond acceptors (Lipinski definition) is 5. The van der Waals surface area contributed by atoms with E-state index in [0.29, 0.717) is 5.92 Å². The van der Waals surface area contributed by atoms with E-state index in [2.05, 4.69) is 0 Å². The summed E-state index contributed by atoms with van der Waals surface area (Å²) in [6, 6.07) is -0.147. The van der Waals surface area contributed by atoms with E-state index in [-0.39, 0.29) is 12.5 Å². The highest BCUT2D eigenvalue weighted by molar-refractivity contribution is 4.83. The van der Waals surface area contributed by atoms with Gasteiger partial charge in [0.15, 0.2) is 0 Å². The molecule has 1 unspecified atom stereocenters. The van der Waals surface area contributed by atoms with Gasteiger partial charge in [-0.05, 0) is 25.2 Å². The Morgan fingerprint density at radius 1 is 1.00 bits per heavy atom. The minimum Gasteiger partial charge on any atom is -0.394 e. The molecule has 0 aromatic carbocycles. The van der Waals surface area contributed by atoms with Gasteiger partial charge in [-0.3, -0.25) is 0 Å².